The van der Waals surface area contributed by atoms with Crippen molar-refractivity contribution in [3.8, 4) is 0 Å². The Labute approximate surface area is 171 Å². The molecule has 2 heterocycles. The number of fused-ring (bicyclic) bond motifs is 1. The molecule has 9 nitrogen and oxygen atoms in total. The molecule has 9 heteroatoms. The van der Waals surface area contributed by atoms with Gasteiger partial charge in [-0.25, -0.2) is 9.59 Å². The predicted octanol–water partition coefficient (Wildman–Crippen LogP) is 2.74. The Morgan fingerprint density at radius 3 is 2.69 bits per heavy atom. The summed E-state index contributed by atoms with van der Waals surface area (Å²) in [5, 5.41) is 14.2. The number of hydrogen-bond donors (Lipinski definition) is 1. The van der Waals surface area contributed by atoms with Gasteiger partial charge in [0.1, 0.15) is 11.6 Å². The lowest BCUT2D eigenvalue weighted by Crippen LogP contribution is -2.57. The van der Waals surface area contributed by atoms with Crippen molar-refractivity contribution in [2.45, 2.75) is 77.9 Å². The number of carbonyl (C=O) groups is 2. The van der Waals surface area contributed by atoms with Crippen molar-refractivity contribution in [3.63, 3.8) is 0 Å². The summed E-state index contributed by atoms with van der Waals surface area (Å²) in [4.78, 5) is 27.2. The molecule has 1 aromatic heterocycles. The second-order valence-corrected chi connectivity index (χ2v) is 9.13. The summed E-state index contributed by atoms with van der Waals surface area (Å²) in [6.07, 6.45) is 5.28. The second kappa shape index (κ2) is 9.09. The lowest BCUT2D eigenvalue weighted by atomic mass is 9.66. The number of tetrazole rings is 1. The smallest absolute Gasteiger partial charge is 0.411 e. The summed E-state index contributed by atoms with van der Waals surface area (Å²) in [5.74, 6) is 1.55. The maximum atomic E-state index is 12.8. The first-order valence-electron chi connectivity index (χ1n) is 10.7. The van der Waals surface area contributed by atoms with Crippen LogP contribution in [0.4, 0.5) is 4.79 Å². The maximum absolute atomic E-state index is 12.8. The van der Waals surface area contributed by atoms with Crippen LogP contribution in [0.1, 0.15) is 65.6 Å². The van der Waals surface area contributed by atoms with Gasteiger partial charge in [-0.15, -0.1) is 10.2 Å². The van der Waals surface area contributed by atoms with E-state index in [0.717, 1.165) is 44.3 Å². The molecule has 1 unspecified atom stereocenters. The van der Waals surface area contributed by atoms with Gasteiger partial charge in [-0.3, -0.25) is 4.90 Å². The van der Waals surface area contributed by atoms with E-state index in [2.05, 4.69) is 20.6 Å². The first-order valence-corrected chi connectivity index (χ1v) is 10.7. The minimum absolute atomic E-state index is 0.122. The van der Waals surface area contributed by atoms with Crippen LogP contribution < -0.4 is 0 Å². The molecule has 162 valence electrons. The molecule has 2 fully saturated rings. The third-order valence-corrected chi connectivity index (χ3v) is 5.95. The Morgan fingerprint density at radius 2 is 2.03 bits per heavy atom. The van der Waals surface area contributed by atoms with Gasteiger partial charge in [0.25, 0.3) is 0 Å². The highest BCUT2D eigenvalue weighted by Gasteiger charge is 2.48. The molecular formula is C20H33N5O4. The lowest BCUT2D eigenvalue weighted by Gasteiger charge is -2.47. The van der Waals surface area contributed by atoms with Gasteiger partial charge >= 0.3 is 12.1 Å². The zero-order chi connectivity index (χ0) is 21.0. The van der Waals surface area contributed by atoms with Crippen LogP contribution in [0.25, 0.3) is 0 Å². The Kier molecular flexibility index (Phi) is 6.74. The van der Waals surface area contributed by atoms with Crippen LogP contribution in [-0.2, 0) is 20.7 Å². The molecule has 0 radical (unpaired) electrons. The molecule has 1 amide bonds. The normalized spacial score (nSPS) is 27.2. The van der Waals surface area contributed by atoms with Crippen molar-refractivity contribution >= 4 is 12.1 Å². The van der Waals surface area contributed by atoms with Gasteiger partial charge in [0.05, 0.1) is 6.61 Å². The third-order valence-electron chi connectivity index (χ3n) is 5.95. The summed E-state index contributed by atoms with van der Waals surface area (Å²) in [7, 11) is 0. The van der Waals surface area contributed by atoms with Crippen LogP contribution in [0.2, 0.25) is 0 Å². The minimum Gasteiger partial charge on any atom is -0.464 e. The number of hydrogen-bond acceptors (Lipinski definition) is 7. The molecule has 3 rings (SSSR count). The van der Waals surface area contributed by atoms with Crippen molar-refractivity contribution < 1.29 is 19.1 Å². The van der Waals surface area contributed by atoms with E-state index in [1.807, 2.05) is 20.8 Å². The molecule has 2 aliphatic rings. The molecule has 1 saturated heterocycles. The summed E-state index contributed by atoms with van der Waals surface area (Å²) in [6.45, 7) is 8.15. The number of nitrogens with one attached hydrogen (secondary N) is 1. The second-order valence-electron chi connectivity index (χ2n) is 9.13. The summed E-state index contributed by atoms with van der Waals surface area (Å²) in [6, 6.07) is -0.554. The van der Waals surface area contributed by atoms with E-state index in [0.29, 0.717) is 25.0 Å². The number of ether oxygens (including phenoxy) is 2. The highest BCUT2D eigenvalue weighted by molar-refractivity contribution is 5.82. The van der Waals surface area contributed by atoms with Crippen molar-refractivity contribution in [1.29, 1.82) is 0 Å². The fourth-order valence-corrected chi connectivity index (χ4v) is 4.75. The van der Waals surface area contributed by atoms with Crippen molar-refractivity contribution in [2.24, 2.45) is 17.8 Å². The van der Waals surface area contributed by atoms with Gasteiger partial charge < -0.3 is 9.47 Å². The number of nitrogens with zero attached hydrogens (tertiary/aromatic N) is 4. The van der Waals surface area contributed by atoms with Crippen molar-refractivity contribution in [3.05, 3.63) is 5.82 Å². The summed E-state index contributed by atoms with van der Waals surface area (Å²) in [5.41, 5.74) is -0.597. The number of esters is 1. The van der Waals surface area contributed by atoms with Gasteiger partial charge in [-0.05, 0) is 71.1 Å². The quantitative estimate of drug-likeness (QED) is 0.747. The number of aryl methyl sites for hydroxylation is 1. The molecule has 1 saturated carbocycles. The monoisotopic (exact) mass is 407 g/mol. The van der Waals surface area contributed by atoms with Gasteiger partial charge in [0.15, 0.2) is 5.82 Å². The molecule has 1 aromatic rings. The number of H-pyrrole nitrogens is 1. The van der Waals surface area contributed by atoms with E-state index in [-0.39, 0.29) is 11.9 Å². The zero-order valence-electron chi connectivity index (χ0n) is 17.9. The lowest BCUT2D eigenvalue weighted by molar-refractivity contribution is -0.156. The SMILES string of the molecule is CCOC(=O)[C@H]1[C@@H]2CCC(CCc3nn[nH]n3)C[C@@H]2CCN1C(=O)OC(C)(C)C. The molecule has 1 aliphatic carbocycles. The number of piperidine rings is 1. The standard InChI is InChI=1S/C20H33N5O4/c1-5-28-18(26)17-15-8-6-13(7-9-16-21-23-24-22-16)12-14(15)10-11-25(17)19(27)29-20(2,3)4/h13-15,17H,5-12H2,1-4H3,(H,21,22,23,24)/t13?,14-,15+,17+/m0/s1. The fourth-order valence-electron chi connectivity index (χ4n) is 4.75. The molecule has 0 bridgehead atoms. The molecule has 1 aliphatic heterocycles. The maximum Gasteiger partial charge on any atom is 0.411 e. The largest absolute Gasteiger partial charge is 0.464 e. The first-order chi connectivity index (χ1) is 13.8. The highest BCUT2D eigenvalue weighted by atomic mass is 16.6. The van der Waals surface area contributed by atoms with E-state index in [4.69, 9.17) is 9.47 Å². The van der Waals surface area contributed by atoms with E-state index >= 15 is 0 Å². The third kappa shape index (κ3) is 5.45. The molecule has 1 N–H and O–H groups in total. The van der Waals surface area contributed by atoms with Crippen LogP contribution in [0.3, 0.4) is 0 Å². The predicted molar refractivity (Wildman–Crippen MR) is 105 cm³/mol. The van der Waals surface area contributed by atoms with E-state index < -0.39 is 17.7 Å². The van der Waals surface area contributed by atoms with Crippen LogP contribution in [0.5, 0.6) is 0 Å². The number of rotatable bonds is 5. The van der Waals surface area contributed by atoms with Crippen molar-refractivity contribution in [2.75, 3.05) is 13.2 Å². The van der Waals surface area contributed by atoms with Gasteiger partial charge in [-0.2, -0.15) is 5.21 Å². The number of amides is 1. The van der Waals surface area contributed by atoms with E-state index in [1.54, 1.807) is 11.8 Å². The molecular weight excluding hydrogens is 374 g/mol. The highest BCUT2D eigenvalue weighted by Crippen LogP contribution is 2.44. The fraction of sp³-hybridized carbons (Fsp3) is 0.850. The zero-order valence-corrected chi connectivity index (χ0v) is 17.9. The number of carbonyl (C=O) groups excluding carboxylic acids is 2. The average molecular weight is 408 g/mol. The van der Waals surface area contributed by atoms with Crippen LogP contribution in [-0.4, -0.2) is 62.4 Å². The van der Waals surface area contributed by atoms with E-state index in [1.165, 1.54) is 0 Å². The van der Waals surface area contributed by atoms with Crippen LogP contribution in [0.15, 0.2) is 0 Å². The average Bonchev–Trinajstić information content (AvgIpc) is 3.17. The Bertz CT molecular complexity index is 688. The van der Waals surface area contributed by atoms with Gasteiger partial charge in [-0.1, -0.05) is 11.6 Å². The summed E-state index contributed by atoms with van der Waals surface area (Å²) >= 11 is 0. The number of aromatic nitrogens is 4. The topological polar surface area (TPSA) is 110 Å². The number of likely N-dealkylation sites (tertiary alicyclic amines) is 1. The van der Waals surface area contributed by atoms with Gasteiger partial charge in [0, 0.05) is 13.0 Å². The summed E-state index contributed by atoms with van der Waals surface area (Å²) < 4.78 is 10.9. The molecule has 29 heavy (non-hydrogen) atoms. The minimum atomic E-state index is -0.597. The first kappa shape index (κ1) is 21.5. The molecule has 0 aromatic carbocycles. The van der Waals surface area contributed by atoms with Gasteiger partial charge in [0.2, 0.25) is 0 Å². The Hall–Kier alpha value is -2.19. The van der Waals surface area contributed by atoms with Crippen LogP contribution >= 0.6 is 0 Å². The molecule has 4 atom stereocenters. The number of aromatic amines is 1. The van der Waals surface area contributed by atoms with E-state index in [9.17, 15) is 9.59 Å². The van der Waals surface area contributed by atoms with Crippen molar-refractivity contribution in [1.82, 2.24) is 25.5 Å². The molecule has 0 spiro atoms. The Balaban J connectivity index is 1.67. The Morgan fingerprint density at radius 1 is 1.24 bits per heavy atom. The van der Waals surface area contributed by atoms with Crippen LogP contribution in [0, 0.1) is 17.8 Å².